The lowest BCUT2D eigenvalue weighted by Gasteiger charge is -2.02. The molecule has 0 spiro atoms. The number of rotatable bonds is 7. The summed E-state index contributed by atoms with van der Waals surface area (Å²) in [6.45, 7) is 1.95. The SMILES string of the molecule is COCCCC(=O)NCCCN. The minimum absolute atomic E-state index is 0.0838. The molecule has 0 saturated heterocycles. The quantitative estimate of drug-likeness (QED) is 0.529. The van der Waals surface area contributed by atoms with Crippen molar-refractivity contribution in [1.29, 1.82) is 0 Å². The summed E-state index contributed by atoms with van der Waals surface area (Å²) in [6.07, 6.45) is 2.17. The van der Waals surface area contributed by atoms with E-state index in [2.05, 4.69) is 5.32 Å². The molecule has 0 radical (unpaired) electrons. The van der Waals surface area contributed by atoms with E-state index in [1.54, 1.807) is 7.11 Å². The third-order valence-electron chi connectivity index (χ3n) is 1.46. The number of hydrogen-bond acceptors (Lipinski definition) is 3. The first kappa shape index (κ1) is 11.4. The van der Waals surface area contributed by atoms with Crippen LogP contribution in [0, 0.1) is 0 Å². The summed E-state index contributed by atoms with van der Waals surface area (Å²) in [5, 5.41) is 2.77. The zero-order valence-corrected chi connectivity index (χ0v) is 7.64. The number of carbonyl (C=O) groups is 1. The summed E-state index contributed by atoms with van der Waals surface area (Å²) in [6, 6.07) is 0. The Morgan fingerprint density at radius 1 is 1.50 bits per heavy atom. The van der Waals surface area contributed by atoms with E-state index in [-0.39, 0.29) is 5.91 Å². The average molecular weight is 174 g/mol. The molecule has 4 nitrogen and oxygen atoms in total. The fourth-order valence-corrected chi connectivity index (χ4v) is 0.795. The maximum atomic E-state index is 11.0. The Balaban J connectivity index is 3.10. The molecule has 0 unspecified atom stereocenters. The molecule has 12 heavy (non-hydrogen) atoms. The van der Waals surface area contributed by atoms with Gasteiger partial charge in [-0.1, -0.05) is 0 Å². The summed E-state index contributed by atoms with van der Waals surface area (Å²) in [7, 11) is 1.63. The third-order valence-corrected chi connectivity index (χ3v) is 1.46. The molecular weight excluding hydrogens is 156 g/mol. The number of amides is 1. The highest BCUT2D eigenvalue weighted by Gasteiger charge is 1.98. The van der Waals surface area contributed by atoms with E-state index in [4.69, 9.17) is 10.5 Å². The van der Waals surface area contributed by atoms with Crippen molar-refractivity contribution in [3.05, 3.63) is 0 Å². The molecule has 72 valence electrons. The monoisotopic (exact) mass is 174 g/mol. The zero-order chi connectivity index (χ0) is 9.23. The van der Waals surface area contributed by atoms with Gasteiger partial charge in [-0.25, -0.2) is 0 Å². The lowest BCUT2D eigenvalue weighted by atomic mass is 10.3. The number of nitrogens with one attached hydrogen (secondary N) is 1. The van der Waals surface area contributed by atoms with Crippen molar-refractivity contribution < 1.29 is 9.53 Å². The molecule has 0 rings (SSSR count). The van der Waals surface area contributed by atoms with Crippen LogP contribution in [0.1, 0.15) is 19.3 Å². The largest absolute Gasteiger partial charge is 0.385 e. The summed E-state index contributed by atoms with van der Waals surface area (Å²) < 4.78 is 4.82. The van der Waals surface area contributed by atoms with Crippen molar-refractivity contribution >= 4 is 5.91 Å². The number of hydrogen-bond donors (Lipinski definition) is 2. The van der Waals surface area contributed by atoms with Crippen molar-refractivity contribution in [2.24, 2.45) is 5.73 Å². The molecule has 0 saturated carbocycles. The zero-order valence-electron chi connectivity index (χ0n) is 7.64. The van der Waals surface area contributed by atoms with Crippen LogP contribution in [0.4, 0.5) is 0 Å². The van der Waals surface area contributed by atoms with Gasteiger partial charge in [-0.15, -0.1) is 0 Å². The molecule has 0 aromatic carbocycles. The van der Waals surface area contributed by atoms with Gasteiger partial charge in [0.15, 0.2) is 0 Å². The lowest BCUT2D eigenvalue weighted by Crippen LogP contribution is -2.25. The molecule has 0 aromatic heterocycles. The maximum Gasteiger partial charge on any atom is 0.220 e. The molecule has 0 heterocycles. The first-order valence-corrected chi connectivity index (χ1v) is 4.27. The fraction of sp³-hybridized carbons (Fsp3) is 0.875. The Kier molecular flexibility index (Phi) is 8.05. The highest BCUT2D eigenvalue weighted by Crippen LogP contribution is 1.88. The second-order valence-corrected chi connectivity index (χ2v) is 2.59. The van der Waals surface area contributed by atoms with Crippen LogP contribution in [0.5, 0.6) is 0 Å². The van der Waals surface area contributed by atoms with Crippen LogP contribution in [-0.2, 0) is 9.53 Å². The van der Waals surface area contributed by atoms with Gasteiger partial charge in [0, 0.05) is 26.7 Å². The molecule has 0 bridgehead atoms. The molecule has 0 aliphatic carbocycles. The second kappa shape index (κ2) is 8.49. The molecule has 3 N–H and O–H groups in total. The molecule has 0 aliphatic rings. The van der Waals surface area contributed by atoms with E-state index in [9.17, 15) is 4.79 Å². The van der Waals surface area contributed by atoms with E-state index in [0.717, 1.165) is 12.8 Å². The summed E-state index contributed by atoms with van der Waals surface area (Å²) in [5.74, 6) is 0.0838. The molecule has 1 amide bonds. The summed E-state index contributed by atoms with van der Waals surface area (Å²) in [4.78, 5) is 11.0. The van der Waals surface area contributed by atoms with Gasteiger partial charge in [0.25, 0.3) is 0 Å². The predicted molar refractivity (Wildman–Crippen MR) is 47.8 cm³/mol. The van der Waals surface area contributed by atoms with Gasteiger partial charge in [-0.2, -0.15) is 0 Å². The Morgan fingerprint density at radius 2 is 2.25 bits per heavy atom. The number of nitrogens with two attached hydrogens (primary N) is 1. The van der Waals surface area contributed by atoms with Crippen LogP contribution in [0.2, 0.25) is 0 Å². The number of carbonyl (C=O) groups excluding carboxylic acids is 1. The number of ether oxygens (including phenoxy) is 1. The maximum absolute atomic E-state index is 11.0. The second-order valence-electron chi connectivity index (χ2n) is 2.59. The predicted octanol–water partition coefficient (Wildman–Crippen LogP) is -0.122. The van der Waals surface area contributed by atoms with Crippen LogP contribution in [0.15, 0.2) is 0 Å². The van der Waals surface area contributed by atoms with E-state index in [1.807, 2.05) is 0 Å². The van der Waals surface area contributed by atoms with Crippen molar-refractivity contribution in [2.75, 3.05) is 26.8 Å². The van der Waals surface area contributed by atoms with Crippen LogP contribution in [-0.4, -0.2) is 32.7 Å². The molecular formula is C8H18N2O2. The van der Waals surface area contributed by atoms with Gasteiger partial charge in [0.05, 0.1) is 0 Å². The smallest absolute Gasteiger partial charge is 0.220 e. The van der Waals surface area contributed by atoms with Crippen molar-refractivity contribution in [1.82, 2.24) is 5.32 Å². The number of methoxy groups -OCH3 is 1. The van der Waals surface area contributed by atoms with Gasteiger partial charge in [0.2, 0.25) is 5.91 Å². The molecule has 0 aliphatic heterocycles. The van der Waals surface area contributed by atoms with Gasteiger partial charge >= 0.3 is 0 Å². The third kappa shape index (κ3) is 7.50. The minimum atomic E-state index is 0.0838. The van der Waals surface area contributed by atoms with E-state index in [0.29, 0.717) is 26.1 Å². The van der Waals surface area contributed by atoms with E-state index >= 15 is 0 Å². The first-order chi connectivity index (χ1) is 5.81. The van der Waals surface area contributed by atoms with Crippen molar-refractivity contribution in [2.45, 2.75) is 19.3 Å². The van der Waals surface area contributed by atoms with Gasteiger partial charge in [0.1, 0.15) is 0 Å². The van der Waals surface area contributed by atoms with Gasteiger partial charge < -0.3 is 15.8 Å². The molecule has 0 atom stereocenters. The lowest BCUT2D eigenvalue weighted by molar-refractivity contribution is -0.121. The van der Waals surface area contributed by atoms with Crippen LogP contribution >= 0.6 is 0 Å². The summed E-state index contributed by atoms with van der Waals surface area (Å²) in [5.41, 5.74) is 5.27. The highest BCUT2D eigenvalue weighted by molar-refractivity contribution is 5.75. The molecule has 4 heteroatoms. The van der Waals surface area contributed by atoms with Crippen molar-refractivity contribution in [3.63, 3.8) is 0 Å². The topological polar surface area (TPSA) is 64.3 Å². The van der Waals surface area contributed by atoms with Crippen LogP contribution in [0.3, 0.4) is 0 Å². The summed E-state index contributed by atoms with van der Waals surface area (Å²) >= 11 is 0. The van der Waals surface area contributed by atoms with E-state index in [1.165, 1.54) is 0 Å². The highest BCUT2D eigenvalue weighted by atomic mass is 16.5. The van der Waals surface area contributed by atoms with Crippen molar-refractivity contribution in [3.8, 4) is 0 Å². The van der Waals surface area contributed by atoms with Crippen LogP contribution in [0.25, 0.3) is 0 Å². The first-order valence-electron chi connectivity index (χ1n) is 4.27. The Labute approximate surface area is 73.5 Å². The standard InChI is InChI=1S/C8H18N2O2/c1-12-7-2-4-8(11)10-6-3-5-9/h2-7,9H2,1H3,(H,10,11). The average Bonchev–Trinajstić information content (AvgIpc) is 2.06. The Hall–Kier alpha value is -0.610. The molecule has 0 fully saturated rings. The normalized spacial score (nSPS) is 9.83. The van der Waals surface area contributed by atoms with E-state index < -0.39 is 0 Å². The van der Waals surface area contributed by atoms with Gasteiger partial charge in [-0.05, 0) is 19.4 Å². The van der Waals surface area contributed by atoms with Gasteiger partial charge in [-0.3, -0.25) is 4.79 Å². The fourth-order valence-electron chi connectivity index (χ4n) is 0.795. The van der Waals surface area contributed by atoms with Crippen LogP contribution < -0.4 is 11.1 Å². The molecule has 0 aromatic rings. The minimum Gasteiger partial charge on any atom is -0.385 e. The Morgan fingerprint density at radius 3 is 2.83 bits per heavy atom. The Bertz CT molecular complexity index is 106.